The number of halogens is 1. The molecule has 3 rings (SSSR count). The quantitative estimate of drug-likeness (QED) is 0.878. The first-order chi connectivity index (χ1) is 12.0. The van der Waals surface area contributed by atoms with Gasteiger partial charge in [-0.3, -0.25) is 4.79 Å². The Morgan fingerprint density at radius 2 is 2.08 bits per heavy atom. The molecule has 0 radical (unpaired) electrons. The van der Waals surface area contributed by atoms with Gasteiger partial charge in [0.15, 0.2) is 0 Å². The fourth-order valence-corrected chi connectivity index (χ4v) is 2.86. The Morgan fingerprint density at radius 3 is 2.76 bits per heavy atom. The van der Waals surface area contributed by atoms with Gasteiger partial charge in [0.1, 0.15) is 5.82 Å². The van der Waals surface area contributed by atoms with Crippen molar-refractivity contribution in [1.29, 1.82) is 0 Å². The highest BCUT2D eigenvalue weighted by atomic mass is 35.5. The molecule has 2 heterocycles. The standard InChI is InChI=1S/C18H16ClN3O3/c19-15-5-2-8-20-16(15)22-9-6-12(7-10-22)17(23)21-14-4-1-3-13(11-14)18(24)25/h1-6,8,11H,7,9-10H2,(H,21,23)(H,24,25). The minimum absolute atomic E-state index is 0.131. The van der Waals surface area contributed by atoms with Gasteiger partial charge in [0.2, 0.25) is 0 Å². The molecule has 0 spiro atoms. The topological polar surface area (TPSA) is 82.5 Å². The molecular weight excluding hydrogens is 342 g/mol. The van der Waals surface area contributed by atoms with Crippen LogP contribution in [0.15, 0.2) is 54.2 Å². The molecule has 2 N–H and O–H groups in total. The first-order valence-corrected chi connectivity index (χ1v) is 8.11. The molecule has 2 aromatic rings. The third kappa shape index (κ3) is 3.97. The first-order valence-electron chi connectivity index (χ1n) is 7.74. The third-order valence-corrected chi connectivity index (χ3v) is 4.20. The monoisotopic (exact) mass is 357 g/mol. The van der Waals surface area contributed by atoms with E-state index in [1.54, 1.807) is 30.5 Å². The third-order valence-electron chi connectivity index (χ3n) is 3.91. The highest BCUT2D eigenvalue weighted by Gasteiger charge is 2.19. The largest absolute Gasteiger partial charge is 0.478 e. The van der Waals surface area contributed by atoms with E-state index >= 15 is 0 Å². The van der Waals surface area contributed by atoms with Crippen molar-refractivity contribution in [2.24, 2.45) is 0 Å². The minimum Gasteiger partial charge on any atom is -0.478 e. The van der Waals surface area contributed by atoms with E-state index in [0.717, 1.165) is 0 Å². The zero-order chi connectivity index (χ0) is 17.8. The number of benzene rings is 1. The second-order valence-electron chi connectivity index (χ2n) is 5.57. The molecule has 0 bridgehead atoms. The van der Waals surface area contributed by atoms with Crippen LogP contribution in [0, 0.1) is 0 Å². The summed E-state index contributed by atoms with van der Waals surface area (Å²) < 4.78 is 0. The Bertz CT molecular complexity index is 851. The van der Waals surface area contributed by atoms with E-state index in [1.165, 1.54) is 12.1 Å². The maximum atomic E-state index is 12.4. The fourth-order valence-electron chi connectivity index (χ4n) is 2.62. The summed E-state index contributed by atoms with van der Waals surface area (Å²) in [4.78, 5) is 29.6. The van der Waals surface area contributed by atoms with Crippen molar-refractivity contribution < 1.29 is 14.7 Å². The first kappa shape index (κ1) is 17.0. The van der Waals surface area contributed by atoms with Gasteiger partial charge in [-0.05, 0) is 36.8 Å². The van der Waals surface area contributed by atoms with Crippen LogP contribution in [-0.2, 0) is 4.79 Å². The van der Waals surface area contributed by atoms with Gasteiger partial charge < -0.3 is 15.3 Å². The average molecular weight is 358 g/mol. The summed E-state index contributed by atoms with van der Waals surface area (Å²) in [5.74, 6) is -0.556. The molecule has 25 heavy (non-hydrogen) atoms. The van der Waals surface area contributed by atoms with Crippen molar-refractivity contribution in [3.63, 3.8) is 0 Å². The number of aromatic nitrogens is 1. The van der Waals surface area contributed by atoms with E-state index in [4.69, 9.17) is 16.7 Å². The SMILES string of the molecule is O=C(Nc1cccc(C(=O)O)c1)C1=CCN(c2ncccc2Cl)CC1. The number of nitrogens with zero attached hydrogens (tertiary/aromatic N) is 2. The van der Waals surface area contributed by atoms with Crippen LogP contribution >= 0.6 is 11.6 Å². The lowest BCUT2D eigenvalue weighted by molar-refractivity contribution is -0.113. The lowest BCUT2D eigenvalue weighted by Crippen LogP contribution is -2.32. The number of carboxylic acid groups (broad SMARTS) is 1. The smallest absolute Gasteiger partial charge is 0.335 e. The van der Waals surface area contributed by atoms with E-state index in [0.29, 0.717) is 41.6 Å². The van der Waals surface area contributed by atoms with Gasteiger partial charge in [0, 0.05) is 30.5 Å². The Balaban J connectivity index is 1.67. The van der Waals surface area contributed by atoms with Crippen LogP contribution in [0.3, 0.4) is 0 Å². The molecule has 1 amide bonds. The summed E-state index contributed by atoms with van der Waals surface area (Å²) in [5.41, 5.74) is 1.25. The Hall–Kier alpha value is -2.86. The van der Waals surface area contributed by atoms with Crippen LogP contribution < -0.4 is 10.2 Å². The number of amides is 1. The van der Waals surface area contributed by atoms with Crippen LogP contribution in [0.5, 0.6) is 0 Å². The highest BCUT2D eigenvalue weighted by Crippen LogP contribution is 2.25. The van der Waals surface area contributed by atoms with Crippen molar-refractivity contribution in [3.8, 4) is 0 Å². The second-order valence-corrected chi connectivity index (χ2v) is 5.98. The molecule has 1 aromatic carbocycles. The van der Waals surface area contributed by atoms with E-state index in [9.17, 15) is 9.59 Å². The molecule has 0 fully saturated rings. The summed E-state index contributed by atoms with van der Waals surface area (Å²) in [7, 11) is 0. The van der Waals surface area contributed by atoms with Gasteiger partial charge in [-0.2, -0.15) is 0 Å². The minimum atomic E-state index is -1.03. The molecule has 0 saturated carbocycles. The molecule has 1 aliphatic heterocycles. The second kappa shape index (κ2) is 7.36. The number of carboxylic acids is 1. The molecule has 7 heteroatoms. The molecule has 0 atom stereocenters. The zero-order valence-electron chi connectivity index (χ0n) is 13.3. The number of pyridine rings is 1. The number of carbonyl (C=O) groups is 2. The molecule has 0 unspecified atom stereocenters. The van der Waals surface area contributed by atoms with Crippen LogP contribution in [0.2, 0.25) is 5.02 Å². The number of hydrogen-bond donors (Lipinski definition) is 2. The maximum Gasteiger partial charge on any atom is 0.335 e. The van der Waals surface area contributed by atoms with Gasteiger partial charge in [-0.25, -0.2) is 9.78 Å². The Kier molecular flexibility index (Phi) is 5.00. The van der Waals surface area contributed by atoms with E-state index in [-0.39, 0.29) is 11.5 Å². The van der Waals surface area contributed by atoms with Crippen LogP contribution in [0.25, 0.3) is 0 Å². The number of anilines is 2. The predicted octanol–water partition coefficient (Wildman–Crippen LogP) is 3.21. The normalized spacial score (nSPS) is 14.0. The summed E-state index contributed by atoms with van der Waals surface area (Å²) >= 11 is 6.15. The van der Waals surface area contributed by atoms with Crippen molar-refractivity contribution in [3.05, 3.63) is 64.8 Å². The molecule has 1 aliphatic rings. The van der Waals surface area contributed by atoms with Gasteiger partial charge >= 0.3 is 5.97 Å². The number of hydrogen-bond acceptors (Lipinski definition) is 4. The fraction of sp³-hybridized carbons (Fsp3) is 0.167. The zero-order valence-corrected chi connectivity index (χ0v) is 14.0. The van der Waals surface area contributed by atoms with Gasteiger partial charge in [-0.15, -0.1) is 0 Å². The summed E-state index contributed by atoms with van der Waals surface area (Å²) in [6, 6.07) is 9.73. The maximum absolute atomic E-state index is 12.4. The average Bonchev–Trinajstić information content (AvgIpc) is 2.62. The van der Waals surface area contributed by atoms with E-state index in [2.05, 4.69) is 10.3 Å². The van der Waals surface area contributed by atoms with Crippen molar-refractivity contribution in [2.75, 3.05) is 23.3 Å². The number of rotatable bonds is 4. The molecule has 6 nitrogen and oxygen atoms in total. The predicted molar refractivity (Wildman–Crippen MR) is 96.2 cm³/mol. The number of aromatic carboxylic acids is 1. The number of nitrogens with one attached hydrogen (secondary N) is 1. The molecule has 0 aliphatic carbocycles. The van der Waals surface area contributed by atoms with E-state index < -0.39 is 5.97 Å². The van der Waals surface area contributed by atoms with Crippen LogP contribution in [0.4, 0.5) is 11.5 Å². The van der Waals surface area contributed by atoms with E-state index in [1.807, 2.05) is 11.0 Å². The lowest BCUT2D eigenvalue weighted by Gasteiger charge is -2.27. The Morgan fingerprint density at radius 1 is 1.24 bits per heavy atom. The molecule has 1 aromatic heterocycles. The van der Waals surface area contributed by atoms with Crippen LogP contribution in [-0.4, -0.2) is 35.1 Å². The summed E-state index contributed by atoms with van der Waals surface area (Å²) in [6.07, 6.45) is 4.07. The Labute approximate surface area is 149 Å². The van der Waals surface area contributed by atoms with Crippen LogP contribution in [0.1, 0.15) is 16.8 Å². The van der Waals surface area contributed by atoms with Gasteiger partial charge in [-0.1, -0.05) is 23.7 Å². The molecule has 0 saturated heterocycles. The molecule has 128 valence electrons. The van der Waals surface area contributed by atoms with Crippen molar-refractivity contribution >= 4 is 35.0 Å². The van der Waals surface area contributed by atoms with Crippen molar-refractivity contribution in [2.45, 2.75) is 6.42 Å². The summed E-state index contributed by atoms with van der Waals surface area (Å²) in [6.45, 7) is 1.17. The number of carbonyl (C=O) groups excluding carboxylic acids is 1. The van der Waals surface area contributed by atoms with Gasteiger partial charge in [0.25, 0.3) is 5.91 Å². The highest BCUT2D eigenvalue weighted by molar-refractivity contribution is 6.32. The van der Waals surface area contributed by atoms with Crippen molar-refractivity contribution in [1.82, 2.24) is 4.98 Å². The lowest BCUT2D eigenvalue weighted by atomic mass is 10.1. The molecular formula is C18H16ClN3O3. The summed E-state index contributed by atoms with van der Waals surface area (Å²) in [5, 5.41) is 12.3. The van der Waals surface area contributed by atoms with Gasteiger partial charge in [0.05, 0.1) is 10.6 Å².